The normalized spacial score (nSPS) is 19.6. The van der Waals surface area contributed by atoms with Crippen molar-refractivity contribution in [1.82, 2.24) is 4.90 Å². The van der Waals surface area contributed by atoms with Gasteiger partial charge in [-0.3, -0.25) is 4.90 Å². The first kappa shape index (κ1) is 13.4. The molecule has 0 amide bonds. The predicted octanol–water partition coefficient (Wildman–Crippen LogP) is 2.49. The first-order valence-corrected chi connectivity index (χ1v) is 5.94. The van der Waals surface area contributed by atoms with Crippen molar-refractivity contribution >= 4 is 0 Å². The summed E-state index contributed by atoms with van der Waals surface area (Å²) < 4.78 is 37.7. The maximum Gasteiger partial charge on any atom is 0.416 e. The lowest BCUT2D eigenvalue weighted by molar-refractivity contribution is -0.137. The number of rotatable bonds is 3. The van der Waals surface area contributed by atoms with E-state index in [1.165, 1.54) is 12.1 Å². The van der Waals surface area contributed by atoms with Crippen LogP contribution in [0, 0.1) is 0 Å². The average molecular weight is 259 g/mol. The minimum absolute atomic E-state index is 0.144. The van der Waals surface area contributed by atoms with E-state index in [0.29, 0.717) is 19.6 Å². The molecule has 5 heteroatoms. The van der Waals surface area contributed by atoms with Crippen LogP contribution in [0.5, 0.6) is 0 Å². The van der Waals surface area contributed by atoms with Gasteiger partial charge >= 0.3 is 6.18 Å². The Kier molecular flexibility index (Phi) is 3.64. The molecule has 1 saturated heterocycles. The fourth-order valence-corrected chi connectivity index (χ4v) is 2.27. The van der Waals surface area contributed by atoms with E-state index in [1.54, 1.807) is 13.0 Å². The lowest BCUT2D eigenvalue weighted by atomic mass is 9.90. The van der Waals surface area contributed by atoms with Gasteiger partial charge in [0.05, 0.1) is 11.7 Å². The largest absolute Gasteiger partial charge is 0.416 e. The summed E-state index contributed by atoms with van der Waals surface area (Å²) >= 11 is 0. The fourth-order valence-electron chi connectivity index (χ4n) is 2.27. The number of hydrogen-bond donors (Lipinski definition) is 1. The smallest absolute Gasteiger partial charge is 0.392 e. The number of benzene rings is 1. The first-order chi connectivity index (χ1) is 8.36. The van der Waals surface area contributed by atoms with Crippen molar-refractivity contribution in [2.75, 3.05) is 19.6 Å². The van der Waals surface area contributed by atoms with Crippen LogP contribution in [0.4, 0.5) is 13.2 Å². The molecule has 1 aromatic rings. The Morgan fingerprint density at radius 3 is 2.61 bits per heavy atom. The van der Waals surface area contributed by atoms with E-state index in [4.69, 9.17) is 0 Å². The summed E-state index contributed by atoms with van der Waals surface area (Å²) in [5.74, 6) is 0.144. The SMILES string of the molecule is C[C@@H](O)CN1CC(c2cccc(C(F)(F)F)c2)C1. The van der Waals surface area contributed by atoms with Crippen molar-refractivity contribution in [3.63, 3.8) is 0 Å². The minimum atomic E-state index is -4.28. The predicted molar refractivity (Wildman–Crippen MR) is 62.3 cm³/mol. The molecule has 1 fully saturated rings. The Labute approximate surface area is 104 Å². The van der Waals surface area contributed by atoms with Crippen LogP contribution in [0.1, 0.15) is 24.0 Å². The van der Waals surface area contributed by atoms with Crippen molar-refractivity contribution in [3.8, 4) is 0 Å². The van der Waals surface area contributed by atoms with Crippen LogP contribution in [-0.4, -0.2) is 35.7 Å². The van der Waals surface area contributed by atoms with Gasteiger partial charge in [-0.25, -0.2) is 0 Å². The van der Waals surface area contributed by atoms with E-state index < -0.39 is 17.8 Å². The molecule has 1 aromatic carbocycles. The van der Waals surface area contributed by atoms with Crippen molar-refractivity contribution < 1.29 is 18.3 Å². The number of nitrogens with zero attached hydrogens (tertiary/aromatic N) is 1. The summed E-state index contributed by atoms with van der Waals surface area (Å²) in [6.07, 6.45) is -4.67. The van der Waals surface area contributed by atoms with Gasteiger partial charge in [0.2, 0.25) is 0 Å². The van der Waals surface area contributed by atoms with Crippen molar-refractivity contribution in [2.45, 2.75) is 25.1 Å². The fraction of sp³-hybridized carbons (Fsp3) is 0.538. The van der Waals surface area contributed by atoms with E-state index in [9.17, 15) is 18.3 Å². The third kappa shape index (κ3) is 3.03. The standard InChI is InChI=1S/C13H16F3NO/c1-9(18)6-17-7-11(8-17)10-3-2-4-12(5-10)13(14,15)16/h2-5,9,11,18H,6-8H2,1H3/t9-/m1/s1. The first-order valence-electron chi connectivity index (χ1n) is 5.94. The molecule has 100 valence electrons. The van der Waals surface area contributed by atoms with Gasteiger partial charge in [0.1, 0.15) is 0 Å². The van der Waals surface area contributed by atoms with Crippen LogP contribution in [-0.2, 0) is 6.18 Å². The summed E-state index contributed by atoms with van der Waals surface area (Å²) in [5, 5.41) is 9.20. The van der Waals surface area contributed by atoms with Gasteiger partial charge in [-0.05, 0) is 18.6 Å². The van der Waals surface area contributed by atoms with E-state index in [2.05, 4.69) is 0 Å². The summed E-state index contributed by atoms with van der Waals surface area (Å²) in [4.78, 5) is 2.04. The summed E-state index contributed by atoms with van der Waals surface area (Å²) in [7, 11) is 0. The van der Waals surface area contributed by atoms with Gasteiger partial charge in [0.25, 0.3) is 0 Å². The second kappa shape index (κ2) is 4.90. The molecule has 1 aliphatic rings. The van der Waals surface area contributed by atoms with Gasteiger partial charge in [0.15, 0.2) is 0 Å². The molecule has 1 aliphatic heterocycles. The molecule has 0 bridgehead atoms. The van der Waals surface area contributed by atoms with E-state index in [1.807, 2.05) is 4.90 Å². The highest BCUT2D eigenvalue weighted by Gasteiger charge is 2.33. The summed E-state index contributed by atoms with van der Waals surface area (Å²) in [6, 6.07) is 5.51. The van der Waals surface area contributed by atoms with E-state index >= 15 is 0 Å². The van der Waals surface area contributed by atoms with Crippen molar-refractivity contribution in [2.24, 2.45) is 0 Å². The lowest BCUT2D eigenvalue weighted by Gasteiger charge is -2.40. The average Bonchev–Trinajstić information content (AvgIpc) is 2.21. The molecular formula is C13H16F3NO. The van der Waals surface area contributed by atoms with Gasteiger partial charge < -0.3 is 5.11 Å². The zero-order valence-electron chi connectivity index (χ0n) is 10.1. The molecule has 0 spiro atoms. The maximum absolute atomic E-state index is 12.6. The molecule has 2 rings (SSSR count). The monoisotopic (exact) mass is 259 g/mol. The molecule has 1 N–H and O–H groups in total. The summed E-state index contributed by atoms with van der Waals surface area (Å²) in [5.41, 5.74) is 0.139. The maximum atomic E-state index is 12.6. The molecule has 1 atom stereocenters. The molecule has 0 aliphatic carbocycles. The topological polar surface area (TPSA) is 23.5 Å². The Morgan fingerprint density at radius 2 is 2.06 bits per heavy atom. The van der Waals surface area contributed by atoms with Gasteiger partial charge in [-0.1, -0.05) is 18.2 Å². The molecule has 0 unspecified atom stereocenters. The van der Waals surface area contributed by atoms with Gasteiger partial charge in [-0.2, -0.15) is 13.2 Å². The third-order valence-corrected chi connectivity index (χ3v) is 3.16. The Hall–Kier alpha value is -1.07. The van der Waals surface area contributed by atoms with Crippen LogP contribution < -0.4 is 0 Å². The highest BCUT2D eigenvalue weighted by molar-refractivity contribution is 5.30. The lowest BCUT2D eigenvalue weighted by Crippen LogP contribution is -2.47. The number of hydrogen-bond acceptors (Lipinski definition) is 2. The molecule has 0 saturated carbocycles. The molecule has 0 radical (unpaired) electrons. The van der Waals surface area contributed by atoms with Crippen LogP contribution in [0.25, 0.3) is 0 Å². The molecule has 2 nitrogen and oxygen atoms in total. The van der Waals surface area contributed by atoms with E-state index in [0.717, 1.165) is 11.6 Å². The molecule has 0 aromatic heterocycles. The summed E-state index contributed by atoms with van der Waals surface area (Å²) in [6.45, 7) is 3.71. The van der Waals surface area contributed by atoms with Crippen LogP contribution >= 0.6 is 0 Å². The number of likely N-dealkylation sites (tertiary alicyclic amines) is 1. The highest BCUT2D eigenvalue weighted by Crippen LogP contribution is 2.33. The van der Waals surface area contributed by atoms with E-state index in [-0.39, 0.29) is 5.92 Å². The molecular weight excluding hydrogens is 243 g/mol. The van der Waals surface area contributed by atoms with Crippen molar-refractivity contribution in [1.29, 1.82) is 0 Å². The number of aliphatic hydroxyl groups excluding tert-OH is 1. The number of alkyl halides is 3. The Bertz CT molecular complexity index is 411. The second-order valence-corrected chi connectivity index (χ2v) is 4.89. The third-order valence-electron chi connectivity index (χ3n) is 3.16. The Balaban J connectivity index is 2.00. The van der Waals surface area contributed by atoms with Crippen molar-refractivity contribution in [3.05, 3.63) is 35.4 Å². The number of β-amino-alcohol motifs (C(OH)–C–C–N with tert-alkyl or cyclic N) is 1. The quantitative estimate of drug-likeness (QED) is 0.901. The van der Waals surface area contributed by atoms with Crippen LogP contribution in [0.2, 0.25) is 0 Å². The molecule has 1 heterocycles. The zero-order chi connectivity index (χ0) is 13.3. The minimum Gasteiger partial charge on any atom is -0.392 e. The van der Waals surface area contributed by atoms with Gasteiger partial charge in [0, 0.05) is 25.6 Å². The number of halogens is 3. The van der Waals surface area contributed by atoms with Gasteiger partial charge in [-0.15, -0.1) is 0 Å². The van der Waals surface area contributed by atoms with Crippen LogP contribution in [0.3, 0.4) is 0 Å². The molecule has 18 heavy (non-hydrogen) atoms. The second-order valence-electron chi connectivity index (χ2n) is 4.89. The Morgan fingerprint density at radius 1 is 1.39 bits per heavy atom. The highest BCUT2D eigenvalue weighted by atomic mass is 19.4. The number of aliphatic hydroxyl groups is 1. The zero-order valence-corrected chi connectivity index (χ0v) is 10.1. The van der Waals surface area contributed by atoms with Crippen LogP contribution in [0.15, 0.2) is 24.3 Å².